The molecule has 1 aliphatic rings. The molecule has 0 radical (unpaired) electrons. The third kappa shape index (κ3) is 3.87. The van der Waals surface area contributed by atoms with Gasteiger partial charge >= 0.3 is 6.03 Å². The summed E-state index contributed by atoms with van der Waals surface area (Å²) in [5, 5.41) is 6.28. The van der Waals surface area contributed by atoms with E-state index in [1.165, 1.54) is 12.8 Å². The van der Waals surface area contributed by atoms with Crippen LogP contribution >= 0.6 is 23.2 Å². The molecule has 2 aromatic rings. The zero-order valence-electron chi connectivity index (χ0n) is 11.6. The van der Waals surface area contributed by atoms with Crippen molar-refractivity contribution in [1.82, 2.24) is 15.3 Å². The predicted molar refractivity (Wildman–Crippen MR) is 86.3 cm³/mol. The number of benzene rings is 1. The lowest BCUT2D eigenvalue weighted by Gasteiger charge is -2.08. The molecular weight excluding hydrogens is 323 g/mol. The van der Waals surface area contributed by atoms with Crippen molar-refractivity contribution in [2.45, 2.75) is 25.3 Å². The number of halogens is 2. The quantitative estimate of drug-likeness (QED) is 0.887. The van der Waals surface area contributed by atoms with Crippen LogP contribution in [0.4, 0.5) is 10.5 Å². The summed E-state index contributed by atoms with van der Waals surface area (Å²) < 4.78 is 0. The number of aromatic nitrogens is 2. The highest BCUT2D eigenvalue weighted by molar-refractivity contribution is 6.42. The molecule has 1 aromatic heterocycles. The second-order valence-corrected chi connectivity index (χ2v) is 5.96. The van der Waals surface area contributed by atoms with E-state index in [1.807, 2.05) is 6.07 Å². The van der Waals surface area contributed by atoms with E-state index >= 15 is 0 Å². The lowest BCUT2D eigenvalue weighted by Crippen LogP contribution is -2.28. The van der Waals surface area contributed by atoms with Gasteiger partial charge in [0.1, 0.15) is 6.33 Å². The summed E-state index contributed by atoms with van der Waals surface area (Å²) in [5.74, 6) is 0.562. The summed E-state index contributed by atoms with van der Waals surface area (Å²) in [6.45, 7) is 0.343. The maximum absolute atomic E-state index is 11.9. The molecule has 1 aliphatic carbocycles. The SMILES string of the molecule is O=C(NCc1cc(C2CC2)ncn1)Nc1ccc(Cl)c(Cl)c1. The molecule has 114 valence electrons. The molecule has 0 unspecified atom stereocenters. The fourth-order valence-corrected chi connectivity index (χ4v) is 2.33. The van der Waals surface area contributed by atoms with Crippen LogP contribution in [0.15, 0.2) is 30.6 Å². The van der Waals surface area contributed by atoms with Gasteiger partial charge in [-0.1, -0.05) is 23.2 Å². The van der Waals surface area contributed by atoms with Crippen LogP contribution in [0.25, 0.3) is 0 Å². The maximum atomic E-state index is 11.9. The number of nitrogens with one attached hydrogen (secondary N) is 2. The number of nitrogens with zero attached hydrogens (tertiary/aromatic N) is 2. The topological polar surface area (TPSA) is 66.9 Å². The molecule has 0 spiro atoms. The number of amides is 2. The number of rotatable bonds is 4. The lowest BCUT2D eigenvalue weighted by atomic mass is 10.2. The van der Waals surface area contributed by atoms with Gasteiger partial charge < -0.3 is 10.6 Å². The summed E-state index contributed by atoms with van der Waals surface area (Å²) in [4.78, 5) is 20.3. The highest BCUT2D eigenvalue weighted by atomic mass is 35.5. The Morgan fingerprint density at radius 3 is 2.73 bits per heavy atom. The molecule has 1 aromatic carbocycles. The van der Waals surface area contributed by atoms with Crippen LogP contribution in [-0.2, 0) is 6.54 Å². The van der Waals surface area contributed by atoms with Gasteiger partial charge in [-0.25, -0.2) is 14.8 Å². The smallest absolute Gasteiger partial charge is 0.319 e. The molecule has 1 saturated carbocycles. The zero-order valence-corrected chi connectivity index (χ0v) is 13.2. The minimum absolute atomic E-state index is 0.329. The van der Waals surface area contributed by atoms with Crippen molar-refractivity contribution in [2.75, 3.05) is 5.32 Å². The second kappa shape index (κ2) is 6.50. The number of carbonyl (C=O) groups excluding carboxylic acids is 1. The largest absolute Gasteiger partial charge is 0.332 e. The summed E-state index contributed by atoms with van der Waals surface area (Å²) >= 11 is 11.7. The van der Waals surface area contributed by atoms with Crippen molar-refractivity contribution < 1.29 is 4.79 Å². The van der Waals surface area contributed by atoms with Gasteiger partial charge in [0.2, 0.25) is 0 Å². The normalized spacial score (nSPS) is 13.7. The molecule has 3 rings (SSSR count). The van der Waals surface area contributed by atoms with Crippen molar-refractivity contribution >= 4 is 34.9 Å². The molecule has 0 bridgehead atoms. The number of urea groups is 1. The molecule has 5 nitrogen and oxygen atoms in total. The van der Waals surface area contributed by atoms with Crippen LogP contribution in [0.5, 0.6) is 0 Å². The highest BCUT2D eigenvalue weighted by Crippen LogP contribution is 2.38. The van der Waals surface area contributed by atoms with Gasteiger partial charge in [-0.2, -0.15) is 0 Å². The van der Waals surface area contributed by atoms with Gasteiger partial charge in [0.25, 0.3) is 0 Å². The fourth-order valence-electron chi connectivity index (χ4n) is 2.03. The summed E-state index contributed by atoms with van der Waals surface area (Å²) in [7, 11) is 0. The summed E-state index contributed by atoms with van der Waals surface area (Å²) in [6, 6.07) is 6.52. The number of carbonyl (C=O) groups is 1. The first kappa shape index (κ1) is 15.1. The Morgan fingerprint density at radius 1 is 1.18 bits per heavy atom. The molecule has 0 saturated heterocycles. The average molecular weight is 337 g/mol. The van der Waals surface area contributed by atoms with Crippen LogP contribution in [0.3, 0.4) is 0 Å². The molecule has 2 amide bonds. The lowest BCUT2D eigenvalue weighted by molar-refractivity contribution is 0.251. The first-order valence-electron chi connectivity index (χ1n) is 6.92. The van der Waals surface area contributed by atoms with Crippen molar-refractivity contribution in [3.05, 3.63) is 52.0 Å². The molecule has 7 heteroatoms. The van der Waals surface area contributed by atoms with E-state index in [2.05, 4.69) is 20.6 Å². The Kier molecular flexibility index (Phi) is 4.45. The Bertz CT molecular complexity index is 704. The molecule has 1 fully saturated rings. The maximum Gasteiger partial charge on any atom is 0.319 e. The Balaban J connectivity index is 1.55. The molecule has 0 atom stereocenters. The Hall–Kier alpha value is -1.85. The molecule has 22 heavy (non-hydrogen) atoms. The highest BCUT2D eigenvalue weighted by Gasteiger charge is 2.25. The average Bonchev–Trinajstić information content (AvgIpc) is 3.34. The second-order valence-electron chi connectivity index (χ2n) is 5.15. The van der Waals surface area contributed by atoms with E-state index in [1.54, 1.807) is 24.5 Å². The standard InChI is InChI=1S/C15H14Cl2N4O/c16-12-4-3-10(5-13(12)17)21-15(22)18-7-11-6-14(9-1-2-9)20-8-19-11/h3-6,8-9H,1-2,7H2,(H2,18,21,22). The van der Waals surface area contributed by atoms with Gasteiger partial charge in [0.05, 0.1) is 22.3 Å². The van der Waals surface area contributed by atoms with Crippen LogP contribution in [0, 0.1) is 0 Å². The first-order chi connectivity index (χ1) is 10.6. The predicted octanol–water partition coefficient (Wildman–Crippen LogP) is 3.98. The van der Waals surface area contributed by atoms with Crippen LogP contribution in [-0.4, -0.2) is 16.0 Å². The minimum Gasteiger partial charge on any atom is -0.332 e. The van der Waals surface area contributed by atoms with Crippen LogP contribution in [0.1, 0.15) is 30.1 Å². The summed E-state index contributed by atoms with van der Waals surface area (Å²) in [6.07, 6.45) is 3.91. The van der Waals surface area contributed by atoms with Crippen molar-refractivity contribution in [3.63, 3.8) is 0 Å². The monoisotopic (exact) mass is 336 g/mol. The van der Waals surface area contributed by atoms with Gasteiger partial charge in [0, 0.05) is 17.3 Å². The minimum atomic E-state index is -0.329. The van der Waals surface area contributed by atoms with E-state index in [0.29, 0.717) is 28.2 Å². The van der Waals surface area contributed by atoms with E-state index in [9.17, 15) is 4.79 Å². The van der Waals surface area contributed by atoms with Gasteiger partial charge in [-0.3, -0.25) is 0 Å². The van der Waals surface area contributed by atoms with Gasteiger partial charge in [-0.15, -0.1) is 0 Å². The molecule has 0 aliphatic heterocycles. The van der Waals surface area contributed by atoms with Crippen molar-refractivity contribution in [1.29, 1.82) is 0 Å². The number of hydrogen-bond acceptors (Lipinski definition) is 3. The molecule has 2 N–H and O–H groups in total. The third-order valence-corrected chi connectivity index (χ3v) is 4.09. The van der Waals surface area contributed by atoms with E-state index in [0.717, 1.165) is 11.4 Å². The Morgan fingerprint density at radius 2 is 2.00 bits per heavy atom. The van der Waals surface area contributed by atoms with Crippen molar-refractivity contribution in [3.8, 4) is 0 Å². The molecular formula is C15H14Cl2N4O. The van der Waals surface area contributed by atoms with E-state index in [-0.39, 0.29) is 6.03 Å². The fraction of sp³-hybridized carbons (Fsp3) is 0.267. The zero-order chi connectivity index (χ0) is 15.5. The van der Waals surface area contributed by atoms with E-state index < -0.39 is 0 Å². The third-order valence-electron chi connectivity index (χ3n) is 3.35. The van der Waals surface area contributed by atoms with Gasteiger partial charge in [0.15, 0.2) is 0 Å². The van der Waals surface area contributed by atoms with E-state index in [4.69, 9.17) is 23.2 Å². The van der Waals surface area contributed by atoms with Gasteiger partial charge in [-0.05, 0) is 37.1 Å². The van der Waals surface area contributed by atoms with Crippen LogP contribution in [0.2, 0.25) is 10.0 Å². The molecule has 1 heterocycles. The first-order valence-corrected chi connectivity index (χ1v) is 7.68. The summed E-state index contributed by atoms with van der Waals surface area (Å²) in [5.41, 5.74) is 2.42. The van der Waals surface area contributed by atoms with Crippen molar-refractivity contribution in [2.24, 2.45) is 0 Å². The van der Waals surface area contributed by atoms with Crippen LogP contribution < -0.4 is 10.6 Å². The number of anilines is 1. The number of hydrogen-bond donors (Lipinski definition) is 2. The Labute approximate surface area is 138 Å².